The van der Waals surface area contributed by atoms with Gasteiger partial charge in [-0.1, -0.05) is 61.9 Å². The third-order valence-corrected chi connectivity index (χ3v) is 4.66. The standard InChI is InChI=1S/C20H25N/c1-2-16-9-3-4-12-18(16)15-21-20-14-8-6-11-17-10-5-7-13-19(17)20/h3-5,7,9-10,12-13,20-21H,2,6,8,11,14-15H2,1H3. The van der Waals surface area contributed by atoms with Crippen LogP contribution < -0.4 is 5.32 Å². The lowest BCUT2D eigenvalue weighted by molar-refractivity contribution is 0.488. The molecule has 0 heterocycles. The fraction of sp³-hybridized carbons (Fsp3) is 0.400. The van der Waals surface area contributed by atoms with Crippen LogP contribution in [0.3, 0.4) is 0 Å². The van der Waals surface area contributed by atoms with E-state index >= 15 is 0 Å². The third-order valence-electron chi connectivity index (χ3n) is 4.66. The predicted molar refractivity (Wildman–Crippen MR) is 89.4 cm³/mol. The van der Waals surface area contributed by atoms with Crippen LogP contribution in [0, 0.1) is 0 Å². The van der Waals surface area contributed by atoms with Crippen molar-refractivity contribution in [3.05, 3.63) is 70.8 Å². The lowest BCUT2D eigenvalue weighted by Gasteiger charge is -2.20. The van der Waals surface area contributed by atoms with Gasteiger partial charge in [-0.3, -0.25) is 0 Å². The molecule has 0 fully saturated rings. The van der Waals surface area contributed by atoms with Crippen LogP contribution in [-0.4, -0.2) is 0 Å². The first-order valence-corrected chi connectivity index (χ1v) is 8.26. The van der Waals surface area contributed by atoms with E-state index in [1.54, 1.807) is 0 Å². The Morgan fingerprint density at radius 2 is 1.71 bits per heavy atom. The smallest absolute Gasteiger partial charge is 0.0325 e. The first-order valence-electron chi connectivity index (χ1n) is 8.26. The van der Waals surface area contributed by atoms with Gasteiger partial charge in [0, 0.05) is 12.6 Å². The number of fused-ring (bicyclic) bond motifs is 1. The predicted octanol–water partition coefficient (Wildman–Crippen LogP) is 4.81. The molecule has 2 aromatic carbocycles. The van der Waals surface area contributed by atoms with Crippen LogP contribution in [0.1, 0.15) is 54.5 Å². The maximum Gasteiger partial charge on any atom is 0.0325 e. The van der Waals surface area contributed by atoms with Crippen LogP contribution in [-0.2, 0) is 19.4 Å². The van der Waals surface area contributed by atoms with E-state index in [-0.39, 0.29) is 0 Å². The van der Waals surface area contributed by atoms with Gasteiger partial charge >= 0.3 is 0 Å². The summed E-state index contributed by atoms with van der Waals surface area (Å²) in [5, 5.41) is 3.81. The van der Waals surface area contributed by atoms with Crippen LogP contribution in [0.4, 0.5) is 0 Å². The summed E-state index contributed by atoms with van der Waals surface area (Å²) in [7, 11) is 0. The summed E-state index contributed by atoms with van der Waals surface area (Å²) in [4.78, 5) is 0. The maximum absolute atomic E-state index is 3.81. The molecular formula is C20H25N. The fourth-order valence-electron chi connectivity index (χ4n) is 3.44. The Morgan fingerprint density at radius 1 is 0.952 bits per heavy atom. The molecule has 3 rings (SSSR count). The number of nitrogens with one attached hydrogen (secondary N) is 1. The van der Waals surface area contributed by atoms with Gasteiger partial charge in [0.25, 0.3) is 0 Å². The van der Waals surface area contributed by atoms with Crippen molar-refractivity contribution in [2.45, 2.75) is 51.6 Å². The minimum atomic E-state index is 0.508. The van der Waals surface area contributed by atoms with E-state index in [2.05, 4.69) is 60.8 Å². The van der Waals surface area contributed by atoms with E-state index in [4.69, 9.17) is 0 Å². The van der Waals surface area contributed by atoms with Gasteiger partial charge in [0.05, 0.1) is 0 Å². The quantitative estimate of drug-likeness (QED) is 0.792. The SMILES string of the molecule is CCc1ccccc1CNC1CCCCc2ccccc21. The Labute approximate surface area is 128 Å². The van der Waals surface area contributed by atoms with Gasteiger partial charge in [-0.15, -0.1) is 0 Å². The summed E-state index contributed by atoms with van der Waals surface area (Å²) >= 11 is 0. The first kappa shape index (κ1) is 14.3. The van der Waals surface area contributed by atoms with Gasteiger partial charge in [0.2, 0.25) is 0 Å². The molecule has 1 aliphatic carbocycles. The molecule has 0 saturated heterocycles. The Balaban J connectivity index is 1.76. The Bertz CT molecular complexity index is 588. The highest BCUT2D eigenvalue weighted by molar-refractivity contribution is 5.32. The summed E-state index contributed by atoms with van der Waals surface area (Å²) < 4.78 is 0. The van der Waals surface area contributed by atoms with Gasteiger partial charge in [-0.2, -0.15) is 0 Å². The minimum absolute atomic E-state index is 0.508. The molecule has 0 amide bonds. The van der Waals surface area contributed by atoms with Gasteiger partial charge in [0.1, 0.15) is 0 Å². The molecule has 1 unspecified atom stereocenters. The van der Waals surface area contributed by atoms with E-state index in [0.717, 1.165) is 13.0 Å². The van der Waals surface area contributed by atoms with Crippen molar-refractivity contribution in [2.75, 3.05) is 0 Å². The van der Waals surface area contributed by atoms with E-state index < -0.39 is 0 Å². The molecule has 1 heteroatoms. The second kappa shape index (κ2) is 6.91. The second-order valence-corrected chi connectivity index (χ2v) is 6.00. The molecule has 2 aromatic rings. The zero-order valence-electron chi connectivity index (χ0n) is 12.9. The molecule has 0 radical (unpaired) electrons. The highest BCUT2D eigenvalue weighted by Crippen LogP contribution is 2.28. The average molecular weight is 279 g/mol. The first-order chi connectivity index (χ1) is 10.4. The van der Waals surface area contributed by atoms with Crippen LogP contribution in [0.2, 0.25) is 0 Å². The molecule has 0 bridgehead atoms. The molecule has 1 nitrogen and oxygen atoms in total. The van der Waals surface area contributed by atoms with E-state index in [1.165, 1.54) is 47.9 Å². The van der Waals surface area contributed by atoms with Gasteiger partial charge < -0.3 is 5.32 Å². The van der Waals surface area contributed by atoms with Gasteiger partial charge in [0.15, 0.2) is 0 Å². The van der Waals surface area contributed by atoms with E-state index in [9.17, 15) is 0 Å². The molecule has 0 aliphatic heterocycles. The molecule has 1 aliphatic rings. The molecule has 1 atom stereocenters. The summed E-state index contributed by atoms with van der Waals surface area (Å²) in [6, 6.07) is 18.3. The highest BCUT2D eigenvalue weighted by atomic mass is 14.9. The van der Waals surface area contributed by atoms with Crippen molar-refractivity contribution in [1.29, 1.82) is 0 Å². The van der Waals surface area contributed by atoms with Crippen LogP contribution in [0.5, 0.6) is 0 Å². The largest absolute Gasteiger partial charge is 0.306 e. The van der Waals surface area contributed by atoms with Crippen LogP contribution in [0.25, 0.3) is 0 Å². The van der Waals surface area contributed by atoms with Crippen LogP contribution >= 0.6 is 0 Å². The molecule has 0 spiro atoms. The molecule has 0 saturated carbocycles. The number of rotatable bonds is 4. The second-order valence-electron chi connectivity index (χ2n) is 6.00. The van der Waals surface area contributed by atoms with Crippen molar-refractivity contribution >= 4 is 0 Å². The number of benzene rings is 2. The van der Waals surface area contributed by atoms with Crippen molar-refractivity contribution < 1.29 is 0 Å². The Hall–Kier alpha value is -1.60. The summed E-state index contributed by atoms with van der Waals surface area (Å²) in [5.74, 6) is 0. The zero-order valence-corrected chi connectivity index (χ0v) is 12.9. The molecule has 1 N–H and O–H groups in total. The third kappa shape index (κ3) is 3.36. The molecular weight excluding hydrogens is 254 g/mol. The van der Waals surface area contributed by atoms with Gasteiger partial charge in [-0.05, 0) is 47.9 Å². The van der Waals surface area contributed by atoms with E-state index in [1.807, 2.05) is 0 Å². The number of hydrogen-bond donors (Lipinski definition) is 1. The maximum atomic E-state index is 3.81. The zero-order chi connectivity index (χ0) is 14.5. The summed E-state index contributed by atoms with van der Waals surface area (Å²) in [6.07, 6.45) is 6.24. The Kier molecular flexibility index (Phi) is 4.72. The molecule has 0 aromatic heterocycles. The fourth-order valence-corrected chi connectivity index (χ4v) is 3.44. The Morgan fingerprint density at radius 3 is 2.57 bits per heavy atom. The average Bonchev–Trinajstić information content (AvgIpc) is 2.75. The molecule has 21 heavy (non-hydrogen) atoms. The van der Waals surface area contributed by atoms with Crippen molar-refractivity contribution in [1.82, 2.24) is 5.32 Å². The van der Waals surface area contributed by atoms with Crippen molar-refractivity contribution in [3.8, 4) is 0 Å². The van der Waals surface area contributed by atoms with Crippen molar-refractivity contribution in [2.24, 2.45) is 0 Å². The number of aryl methyl sites for hydroxylation is 2. The normalized spacial score (nSPS) is 18.0. The summed E-state index contributed by atoms with van der Waals surface area (Å²) in [6.45, 7) is 3.21. The minimum Gasteiger partial charge on any atom is -0.306 e. The monoisotopic (exact) mass is 279 g/mol. The highest BCUT2D eigenvalue weighted by Gasteiger charge is 2.17. The van der Waals surface area contributed by atoms with Crippen LogP contribution in [0.15, 0.2) is 48.5 Å². The number of hydrogen-bond acceptors (Lipinski definition) is 1. The van der Waals surface area contributed by atoms with Crippen molar-refractivity contribution in [3.63, 3.8) is 0 Å². The summed E-state index contributed by atoms with van der Waals surface area (Å²) in [5.41, 5.74) is 5.97. The lowest BCUT2D eigenvalue weighted by atomic mass is 9.98. The lowest BCUT2D eigenvalue weighted by Crippen LogP contribution is -2.21. The van der Waals surface area contributed by atoms with E-state index in [0.29, 0.717) is 6.04 Å². The topological polar surface area (TPSA) is 12.0 Å². The molecule has 110 valence electrons. The van der Waals surface area contributed by atoms with Gasteiger partial charge in [-0.25, -0.2) is 0 Å².